The van der Waals surface area contributed by atoms with Gasteiger partial charge in [0.15, 0.2) is 11.4 Å². The van der Waals surface area contributed by atoms with Crippen molar-refractivity contribution < 1.29 is 22.4 Å². The molecule has 0 bridgehead atoms. The van der Waals surface area contributed by atoms with Crippen LogP contribution in [0.5, 0.6) is 0 Å². The Kier molecular flexibility index (Phi) is 5.78. The Morgan fingerprint density at radius 1 is 0.970 bits per heavy atom. The molecule has 0 aliphatic heterocycles. The lowest BCUT2D eigenvalue weighted by atomic mass is 10.2. The highest BCUT2D eigenvalue weighted by Crippen LogP contribution is 2.33. The van der Waals surface area contributed by atoms with E-state index in [0.717, 1.165) is 29.8 Å². The van der Waals surface area contributed by atoms with Crippen LogP contribution in [0.25, 0.3) is 5.69 Å². The number of rotatable bonds is 5. The van der Waals surface area contributed by atoms with Gasteiger partial charge in [-0.25, -0.2) is 9.07 Å². The molecule has 2 aromatic carbocycles. The highest BCUT2D eigenvalue weighted by atomic mass is 19.4. The molecular weight excluding hydrogens is 442 g/mol. The second-order valence-electron chi connectivity index (χ2n) is 6.99. The Hall–Kier alpha value is -4.28. The van der Waals surface area contributed by atoms with Crippen LogP contribution in [-0.4, -0.2) is 25.5 Å². The number of nitrogens with one attached hydrogen (secondary N) is 1. The fourth-order valence-corrected chi connectivity index (χ4v) is 3.12. The Labute approximate surface area is 183 Å². The van der Waals surface area contributed by atoms with Crippen LogP contribution in [0, 0.1) is 5.82 Å². The summed E-state index contributed by atoms with van der Waals surface area (Å²) in [4.78, 5) is 24.4. The minimum absolute atomic E-state index is 0.101. The monoisotopic (exact) mass is 457 g/mol. The molecule has 4 rings (SSSR count). The number of anilines is 1. The van der Waals surface area contributed by atoms with Crippen LogP contribution < -0.4 is 10.9 Å². The summed E-state index contributed by atoms with van der Waals surface area (Å²) in [6, 6.07) is 15.2. The van der Waals surface area contributed by atoms with Gasteiger partial charge in [0.25, 0.3) is 11.5 Å². The van der Waals surface area contributed by atoms with Gasteiger partial charge in [0, 0.05) is 18.0 Å². The number of halogens is 4. The molecule has 7 nitrogen and oxygen atoms in total. The fraction of sp³-hybridized carbons (Fsp3) is 0.0909. The van der Waals surface area contributed by atoms with Crippen LogP contribution in [0.4, 0.5) is 23.2 Å². The largest absolute Gasteiger partial charge is 0.435 e. The summed E-state index contributed by atoms with van der Waals surface area (Å²) in [5.41, 5.74) is -1.61. The predicted octanol–water partition coefficient (Wildman–Crippen LogP) is 3.89. The van der Waals surface area contributed by atoms with E-state index in [1.165, 1.54) is 22.8 Å². The molecule has 2 aromatic heterocycles. The molecule has 0 atom stereocenters. The van der Waals surface area contributed by atoms with Crippen LogP contribution in [0.1, 0.15) is 21.7 Å². The molecule has 4 aromatic rings. The highest BCUT2D eigenvalue weighted by Gasteiger charge is 2.42. The first kappa shape index (κ1) is 21.9. The van der Waals surface area contributed by atoms with E-state index in [1.807, 2.05) is 0 Å². The van der Waals surface area contributed by atoms with Crippen molar-refractivity contribution in [3.05, 3.63) is 106 Å². The minimum Gasteiger partial charge on any atom is -0.321 e. The zero-order valence-corrected chi connectivity index (χ0v) is 16.8. The quantitative estimate of drug-likeness (QED) is 0.461. The van der Waals surface area contributed by atoms with E-state index >= 15 is 0 Å². The van der Waals surface area contributed by atoms with E-state index < -0.39 is 29.3 Å². The molecule has 0 saturated heterocycles. The zero-order chi connectivity index (χ0) is 23.6. The van der Waals surface area contributed by atoms with E-state index in [9.17, 15) is 27.2 Å². The highest BCUT2D eigenvalue weighted by molar-refractivity contribution is 6.03. The molecule has 0 aliphatic carbocycles. The lowest BCUT2D eigenvalue weighted by Gasteiger charge is -2.11. The van der Waals surface area contributed by atoms with Crippen molar-refractivity contribution in [3.63, 3.8) is 0 Å². The van der Waals surface area contributed by atoms with Crippen LogP contribution >= 0.6 is 0 Å². The van der Waals surface area contributed by atoms with Crippen molar-refractivity contribution in [1.29, 1.82) is 0 Å². The van der Waals surface area contributed by atoms with Crippen molar-refractivity contribution in [1.82, 2.24) is 19.6 Å². The van der Waals surface area contributed by atoms with Gasteiger partial charge in [-0.2, -0.15) is 13.2 Å². The standard InChI is InChI=1S/C22H15F4N5O2/c23-15-6-10-17(11-7-15)31-20(22(24,25)26)19(28-29-31)21(33)27-16-8-4-14(5-9-16)13-30-12-2-1-3-18(30)32/h1-12H,13H2,(H,27,33). The first-order valence-corrected chi connectivity index (χ1v) is 9.57. The number of carbonyl (C=O) groups excluding carboxylic acids is 1. The first-order chi connectivity index (χ1) is 15.7. The maximum Gasteiger partial charge on any atom is 0.435 e. The second-order valence-corrected chi connectivity index (χ2v) is 6.99. The smallest absolute Gasteiger partial charge is 0.321 e. The number of pyridine rings is 1. The molecule has 0 aliphatic rings. The van der Waals surface area contributed by atoms with Gasteiger partial charge in [-0.05, 0) is 48.0 Å². The van der Waals surface area contributed by atoms with Crippen LogP contribution in [0.15, 0.2) is 77.7 Å². The normalized spacial score (nSPS) is 11.4. The molecule has 2 heterocycles. The number of carbonyl (C=O) groups is 1. The molecule has 11 heteroatoms. The number of benzene rings is 2. The Bertz CT molecular complexity index is 1340. The number of hydrogen-bond acceptors (Lipinski definition) is 4. The number of alkyl halides is 3. The third kappa shape index (κ3) is 4.81. The van der Waals surface area contributed by atoms with E-state index in [-0.39, 0.29) is 23.5 Å². The van der Waals surface area contributed by atoms with Gasteiger partial charge in [-0.3, -0.25) is 9.59 Å². The fourth-order valence-electron chi connectivity index (χ4n) is 3.12. The van der Waals surface area contributed by atoms with Gasteiger partial charge in [0.05, 0.1) is 12.2 Å². The van der Waals surface area contributed by atoms with Gasteiger partial charge in [-0.1, -0.05) is 23.4 Å². The number of nitrogens with zero attached hydrogens (tertiary/aromatic N) is 4. The zero-order valence-electron chi connectivity index (χ0n) is 16.8. The Morgan fingerprint density at radius 3 is 2.30 bits per heavy atom. The SMILES string of the molecule is O=C(Nc1ccc(Cn2ccccc2=O)cc1)c1nnn(-c2ccc(F)cc2)c1C(F)(F)F. The van der Waals surface area contributed by atoms with Gasteiger partial charge < -0.3 is 9.88 Å². The third-order valence-corrected chi connectivity index (χ3v) is 4.69. The van der Waals surface area contributed by atoms with Gasteiger partial charge in [0.2, 0.25) is 0 Å². The summed E-state index contributed by atoms with van der Waals surface area (Å²) in [7, 11) is 0. The van der Waals surface area contributed by atoms with Gasteiger partial charge >= 0.3 is 6.18 Å². The number of hydrogen-bond donors (Lipinski definition) is 1. The first-order valence-electron chi connectivity index (χ1n) is 9.57. The number of aromatic nitrogens is 4. The molecule has 0 fully saturated rings. The lowest BCUT2D eigenvalue weighted by molar-refractivity contribution is -0.143. The number of amides is 1. The van der Waals surface area contributed by atoms with E-state index in [1.54, 1.807) is 30.5 Å². The molecule has 1 N–H and O–H groups in total. The van der Waals surface area contributed by atoms with Crippen molar-refractivity contribution in [3.8, 4) is 5.69 Å². The molecule has 0 spiro atoms. The van der Waals surface area contributed by atoms with Crippen LogP contribution in [-0.2, 0) is 12.7 Å². The lowest BCUT2D eigenvalue weighted by Crippen LogP contribution is -2.21. The summed E-state index contributed by atoms with van der Waals surface area (Å²) in [5.74, 6) is -1.74. The molecule has 33 heavy (non-hydrogen) atoms. The minimum atomic E-state index is -4.95. The molecule has 0 saturated carbocycles. The Morgan fingerprint density at radius 2 is 1.67 bits per heavy atom. The summed E-state index contributed by atoms with van der Waals surface area (Å²) in [6.07, 6.45) is -3.32. The summed E-state index contributed by atoms with van der Waals surface area (Å²) in [5, 5.41) is 9.22. The molecule has 0 radical (unpaired) electrons. The maximum atomic E-state index is 13.7. The van der Waals surface area contributed by atoms with Crippen molar-refractivity contribution in [2.24, 2.45) is 0 Å². The Balaban J connectivity index is 1.57. The summed E-state index contributed by atoms with van der Waals surface area (Å²) >= 11 is 0. The average Bonchev–Trinajstić information content (AvgIpc) is 3.23. The predicted molar refractivity (Wildman–Crippen MR) is 111 cm³/mol. The van der Waals surface area contributed by atoms with Crippen LogP contribution in [0.2, 0.25) is 0 Å². The van der Waals surface area contributed by atoms with Crippen molar-refractivity contribution in [2.75, 3.05) is 5.32 Å². The topological polar surface area (TPSA) is 81.8 Å². The van der Waals surface area contributed by atoms with E-state index in [4.69, 9.17) is 0 Å². The van der Waals surface area contributed by atoms with E-state index in [2.05, 4.69) is 15.6 Å². The van der Waals surface area contributed by atoms with Crippen molar-refractivity contribution >= 4 is 11.6 Å². The van der Waals surface area contributed by atoms with Gasteiger partial charge in [0.1, 0.15) is 5.82 Å². The molecule has 1 amide bonds. The van der Waals surface area contributed by atoms with E-state index in [0.29, 0.717) is 4.68 Å². The molecule has 168 valence electrons. The summed E-state index contributed by atoms with van der Waals surface area (Å²) < 4.78 is 56.2. The average molecular weight is 457 g/mol. The van der Waals surface area contributed by atoms with Crippen molar-refractivity contribution in [2.45, 2.75) is 12.7 Å². The third-order valence-electron chi connectivity index (χ3n) is 4.69. The second kappa shape index (κ2) is 8.69. The summed E-state index contributed by atoms with van der Waals surface area (Å²) in [6.45, 7) is 0.290. The maximum absolute atomic E-state index is 13.7. The molecular formula is C22H15F4N5O2. The van der Waals surface area contributed by atoms with Crippen LogP contribution in [0.3, 0.4) is 0 Å². The molecule has 0 unspecified atom stereocenters. The van der Waals surface area contributed by atoms with Gasteiger partial charge in [-0.15, -0.1) is 5.10 Å².